The first-order chi connectivity index (χ1) is 34.9. The van der Waals surface area contributed by atoms with Gasteiger partial charge in [0.2, 0.25) is 0 Å². The van der Waals surface area contributed by atoms with Crippen LogP contribution in [0.5, 0.6) is 0 Å². The monoisotopic (exact) mass is 944 g/mol. The Bertz CT molecular complexity index is 3640. The molecule has 2 amide bonds. The molecule has 8 aromatic rings. The Hall–Kier alpha value is -8.94. The van der Waals surface area contributed by atoms with Crippen molar-refractivity contribution in [2.24, 2.45) is 0 Å². The Morgan fingerprint density at radius 1 is 0.500 bits per heavy atom. The molecule has 0 fully saturated rings. The molecule has 12 heteroatoms. The van der Waals surface area contributed by atoms with E-state index in [1.54, 1.807) is 0 Å². The highest BCUT2D eigenvalue weighted by Crippen LogP contribution is 2.56. The molecule has 12 rings (SSSR count). The third kappa shape index (κ3) is 7.89. The standard InChI is InChI=1S/2C30H24N4O2/c1-16-11-27(32)34-17(2)26(16)15-33-30(35)19-8-10-23-25(13-19)29-22-9-7-18(12-24(22)28(23)36-29)21-6-4-3-5-20(21)14-31;1-16-11-27(32)34-17(2)26(16)15-33-30(35)19-8-10-23-25(13-19)29-24-12-18(7-9-22(24)28(23)36-29)21-6-4-3-5-20(21)14-31/h2*3-13,28-29H,15H2,1-2H3,(H2,32,34)(H,33,35). The summed E-state index contributed by atoms with van der Waals surface area (Å²) in [7, 11) is 0. The summed E-state index contributed by atoms with van der Waals surface area (Å²) in [5.74, 6) is 0.678. The number of nitriles is 2. The molecule has 352 valence electrons. The van der Waals surface area contributed by atoms with E-state index in [2.05, 4.69) is 63.1 Å². The molecule has 0 spiro atoms. The molecule has 6 heterocycles. The third-order valence-corrected chi connectivity index (χ3v) is 14.4. The average molecular weight is 945 g/mol. The van der Waals surface area contributed by atoms with Crippen LogP contribution in [-0.4, -0.2) is 21.8 Å². The van der Waals surface area contributed by atoms with Crippen molar-refractivity contribution in [3.8, 4) is 34.4 Å². The largest absolute Gasteiger partial charge is 0.384 e. The second-order valence-electron chi connectivity index (χ2n) is 18.7. The number of rotatable bonds is 8. The molecule has 2 aromatic heterocycles. The molecule has 0 saturated heterocycles. The average Bonchev–Trinajstić information content (AvgIpc) is 4.17. The van der Waals surface area contributed by atoms with Gasteiger partial charge in [0.15, 0.2) is 0 Å². The minimum Gasteiger partial charge on any atom is -0.384 e. The Morgan fingerprint density at radius 2 is 0.861 bits per heavy atom. The van der Waals surface area contributed by atoms with E-state index in [4.69, 9.17) is 20.9 Å². The molecule has 4 atom stereocenters. The molecule has 4 aliphatic rings. The van der Waals surface area contributed by atoms with Crippen molar-refractivity contribution in [3.05, 3.63) is 234 Å². The molecule has 6 N–H and O–H groups in total. The van der Waals surface area contributed by atoms with Crippen molar-refractivity contribution in [3.63, 3.8) is 0 Å². The van der Waals surface area contributed by atoms with E-state index in [1.807, 2.05) is 131 Å². The Balaban J connectivity index is 0.000000156. The van der Waals surface area contributed by atoms with E-state index >= 15 is 0 Å². The number of carbonyl (C=O) groups excluding carboxylic acids is 2. The number of nitrogens with two attached hydrogens (primary N) is 2. The first-order valence-electron chi connectivity index (χ1n) is 23.8. The quantitative estimate of drug-likeness (QED) is 0.114. The summed E-state index contributed by atoms with van der Waals surface area (Å²) in [6, 6.07) is 47.5. The first kappa shape index (κ1) is 45.5. The summed E-state index contributed by atoms with van der Waals surface area (Å²) < 4.78 is 12.7. The fourth-order valence-corrected chi connectivity index (χ4v) is 10.8. The molecule has 4 unspecified atom stereocenters. The van der Waals surface area contributed by atoms with Crippen LogP contribution in [0.2, 0.25) is 0 Å². The van der Waals surface area contributed by atoms with Crippen LogP contribution in [0.1, 0.15) is 134 Å². The number of fused-ring (bicyclic) bond motifs is 16. The molecular weight excluding hydrogens is 897 g/mol. The summed E-state index contributed by atoms with van der Waals surface area (Å²) in [6.07, 6.45) is -0.729. The minimum absolute atomic E-state index is 0.136. The van der Waals surface area contributed by atoms with Crippen LogP contribution in [0.15, 0.2) is 133 Å². The normalized spacial score (nSPS) is 16.8. The lowest BCUT2D eigenvalue weighted by Gasteiger charge is -2.18. The fraction of sp³-hybridized carbons (Fsp3) is 0.167. The molecule has 0 radical (unpaired) electrons. The van der Waals surface area contributed by atoms with E-state index in [0.29, 0.717) is 47.0 Å². The predicted molar refractivity (Wildman–Crippen MR) is 274 cm³/mol. The van der Waals surface area contributed by atoms with E-state index in [1.165, 1.54) is 0 Å². The van der Waals surface area contributed by atoms with Crippen molar-refractivity contribution >= 4 is 23.5 Å². The van der Waals surface area contributed by atoms with Crippen molar-refractivity contribution in [2.45, 2.75) is 65.2 Å². The zero-order chi connectivity index (χ0) is 49.9. The number of benzene rings is 6. The predicted octanol–water partition coefficient (Wildman–Crippen LogP) is 10.5. The lowest BCUT2D eigenvalue weighted by molar-refractivity contribution is 0.0856. The maximum atomic E-state index is 13.0. The summed E-state index contributed by atoms with van der Waals surface area (Å²) in [4.78, 5) is 34.7. The van der Waals surface area contributed by atoms with E-state index in [9.17, 15) is 20.1 Å². The zero-order valence-electron chi connectivity index (χ0n) is 40.0. The lowest BCUT2D eigenvalue weighted by Crippen LogP contribution is -2.24. The number of aromatic nitrogens is 2. The van der Waals surface area contributed by atoms with Crippen LogP contribution in [0, 0.1) is 50.4 Å². The maximum Gasteiger partial charge on any atom is 0.251 e. The topological polar surface area (TPSA) is 202 Å². The number of amides is 2. The van der Waals surface area contributed by atoms with E-state index in [0.717, 1.165) is 100 Å². The van der Waals surface area contributed by atoms with Gasteiger partial charge in [-0.15, -0.1) is 0 Å². The Labute approximate surface area is 416 Å². The van der Waals surface area contributed by atoms with Gasteiger partial charge in [0.1, 0.15) is 36.1 Å². The van der Waals surface area contributed by atoms with E-state index in [-0.39, 0.29) is 36.2 Å². The van der Waals surface area contributed by atoms with Gasteiger partial charge in [0, 0.05) is 35.6 Å². The molecule has 4 aliphatic heterocycles. The number of carbonyl (C=O) groups is 2. The second-order valence-corrected chi connectivity index (χ2v) is 18.7. The number of hydrogen-bond acceptors (Lipinski definition) is 10. The summed E-state index contributed by atoms with van der Waals surface area (Å²) in [5.41, 5.74) is 32.3. The van der Waals surface area contributed by atoms with Gasteiger partial charge in [-0.1, -0.05) is 72.8 Å². The number of anilines is 2. The molecule has 72 heavy (non-hydrogen) atoms. The molecule has 6 aromatic carbocycles. The van der Waals surface area contributed by atoms with Crippen molar-refractivity contribution in [1.29, 1.82) is 10.5 Å². The Morgan fingerprint density at radius 3 is 1.26 bits per heavy atom. The van der Waals surface area contributed by atoms with Crippen LogP contribution in [0.3, 0.4) is 0 Å². The molecule has 0 saturated carbocycles. The number of nitrogens with one attached hydrogen (secondary N) is 2. The summed E-state index contributed by atoms with van der Waals surface area (Å²) >= 11 is 0. The van der Waals surface area contributed by atoms with Crippen LogP contribution in [0.4, 0.5) is 11.6 Å². The number of hydrogen-bond donors (Lipinski definition) is 4. The van der Waals surface area contributed by atoms with Crippen LogP contribution in [-0.2, 0) is 22.6 Å². The van der Waals surface area contributed by atoms with Gasteiger partial charge in [-0.05, 0) is 177 Å². The first-order valence-corrected chi connectivity index (χ1v) is 23.8. The Kier molecular flexibility index (Phi) is 11.4. The maximum absolute atomic E-state index is 13.0. The second kappa shape index (κ2) is 18.1. The van der Waals surface area contributed by atoms with Crippen molar-refractivity contribution in [2.75, 3.05) is 11.5 Å². The van der Waals surface area contributed by atoms with Gasteiger partial charge >= 0.3 is 0 Å². The van der Waals surface area contributed by atoms with E-state index < -0.39 is 0 Å². The molecular formula is C60H48N8O4. The van der Waals surface area contributed by atoms with Crippen LogP contribution in [0.25, 0.3) is 22.3 Å². The fourth-order valence-electron chi connectivity index (χ4n) is 10.8. The highest BCUT2D eigenvalue weighted by molar-refractivity contribution is 5.95. The van der Waals surface area contributed by atoms with Crippen LogP contribution < -0.4 is 22.1 Å². The summed E-state index contributed by atoms with van der Waals surface area (Å²) in [5, 5.41) is 25.1. The SMILES string of the molecule is Cc1cc(N)nc(C)c1CNC(=O)c1ccc2c(c1)C1OC2c2cc(-c3ccccc3C#N)ccc21.Cc1cc(N)nc(C)c1CNC(=O)c1ccc2c(c1)C1OC2c2ccc(-c3ccccc3C#N)cc21. The van der Waals surface area contributed by atoms with Crippen molar-refractivity contribution < 1.29 is 19.1 Å². The smallest absolute Gasteiger partial charge is 0.251 e. The minimum atomic E-state index is -0.229. The number of nitrogen functional groups attached to an aromatic ring is 2. The van der Waals surface area contributed by atoms with Crippen LogP contribution >= 0.6 is 0 Å². The van der Waals surface area contributed by atoms with Gasteiger partial charge in [-0.3, -0.25) is 9.59 Å². The van der Waals surface area contributed by atoms with Gasteiger partial charge < -0.3 is 31.6 Å². The number of aryl methyl sites for hydroxylation is 4. The third-order valence-electron chi connectivity index (χ3n) is 14.4. The van der Waals surface area contributed by atoms with Gasteiger partial charge in [0.25, 0.3) is 11.8 Å². The highest BCUT2D eigenvalue weighted by Gasteiger charge is 2.44. The van der Waals surface area contributed by atoms with Crippen molar-refractivity contribution in [1.82, 2.24) is 20.6 Å². The molecule has 12 nitrogen and oxygen atoms in total. The molecule has 4 bridgehead atoms. The summed E-state index contributed by atoms with van der Waals surface area (Å²) in [6.45, 7) is 8.51. The zero-order valence-corrected chi connectivity index (χ0v) is 40.0. The lowest BCUT2D eigenvalue weighted by atomic mass is 9.83. The highest BCUT2D eigenvalue weighted by atomic mass is 16.5. The molecule has 0 aliphatic carbocycles. The number of ether oxygens (including phenoxy) is 2. The van der Waals surface area contributed by atoms with Gasteiger partial charge in [-0.2, -0.15) is 10.5 Å². The number of nitrogens with zero attached hydrogens (tertiary/aromatic N) is 4. The number of pyridine rings is 2. The van der Waals surface area contributed by atoms with Gasteiger partial charge in [-0.25, -0.2) is 9.97 Å². The van der Waals surface area contributed by atoms with Gasteiger partial charge in [0.05, 0.1) is 23.3 Å².